The molecule has 1 N–H and O–H groups in total. The van der Waals surface area contributed by atoms with Crippen LogP contribution in [-0.4, -0.2) is 35.8 Å². The lowest BCUT2D eigenvalue weighted by atomic mass is 9.94. The average Bonchev–Trinajstić information content (AvgIpc) is 2.99. The third-order valence-electron chi connectivity index (χ3n) is 5.17. The number of halogens is 1. The Balaban J connectivity index is 1.45. The van der Waals surface area contributed by atoms with E-state index in [1.165, 1.54) is 19.3 Å². The number of rotatable bonds is 5. The lowest BCUT2D eigenvalue weighted by Crippen LogP contribution is -2.39. The fourth-order valence-corrected chi connectivity index (χ4v) is 3.90. The van der Waals surface area contributed by atoms with Crippen LogP contribution in [0, 0.1) is 5.92 Å². The highest BCUT2D eigenvalue weighted by Crippen LogP contribution is 2.28. The van der Waals surface area contributed by atoms with Crippen LogP contribution in [0.1, 0.15) is 44.1 Å². The predicted molar refractivity (Wildman–Crippen MR) is 94.9 cm³/mol. The normalized spacial score (nSPS) is 22.0. The molecule has 0 bridgehead atoms. The second-order valence-electron chi connectivity index (χ2n) is 6.91. The SMILES string of the molecule is O=C(NCCc1ccc(Cl)cc1)[C@H]1CC(=O)N(C2CCCCC2)C1. The Labute approximate surface area is 148 Å². The summed E-state index contributed by atoms with van der Waals surface area (Å²) in [6.07, 6.45) is 7.00. The Morgan fingerprint density at radius 2 is 1.88 bits per heavy atom. The highest BCUT2D eigenvalue weighted by Gasteiger charge is 2.37. The molecular formula is C19H25ClN2O2. The number of hydrogen-bond acceptors (Lipinski definition) is 2. The van der Waals surface area contributed by atoms with E-state index in [-0.39, 0.29) is 17.7 Å². The first-order chi connectivity index (χ1) is 11.6. The summed E-state index contributed by atoms with van der Waals surface area (Å²) in [4.78, 5) is 26.6. The number of carbonyl (C=O) groups excluding carboxylic acids is 2. The molecule has 0 spiro atoms. The molecule has 2 fully saturated rings. The molecule has 0 radical (unpaired) electrons. The van der Waals surface area contributed by atoms with Crippen LogP contribution in [-0.2, 0) is 16.0 Å². The van der Waals surface area contributed by atoms with Crippen molar-refractivity contribution in [2.24, 2.45) is 5.92 Å². The van der Waals surface area contributed by atoms with Gasteiger partial charge in [-0.15, -0.1) is 0 Å². The van der Waals surface area contributed by atoms with Crippen molar-refractivity contribution in [3.05, 3.63) is 34.9 Å². The largest absolute Gasteiger partial charge is 0.355 e. The Hall–Kier alpha value is -1.55. The van der Waals surface area contributed by atoms with E-state index in [0.29, 0.717) is 25.6 Å². The van der Waals surface area contributed by atoms with Crippen molar-refractivity contribution in [2.75, 3.05) is 13.1 Å². The van der Waals surface area contributed by atoms with E-state index in [2.05, 4.69) is 5.32 Å². The van der Waals surface area contributed by atoms with Crippen molar-refractivity contribution in [1.29, 1.82) is 0 Å². The van der Waals surface area contributed by atoms with E-state index in [0.717, 1.165) is 29.8 Å². The third-order valence-corrected chi connectivity index (χ3v) is 5.42. The summed E-state index contributed by atoms with van der Waals surface area (Å²) >= 11 is 5.87. The molecule has 3 rings (SSSR count). The molecule has 1 aromatic rings. The van der Waals surface area contributed by atoms with Gasteiger partial charge < -0.3 is 10.2 Å². The second-order valence-corrected chi connectivity index (χ2v) is 7.34. The standard InChI is InChI=1S/C19H25ClN2O2/c20-16-8-6-14(7-9-16)10-11-21-19(24)15-12-18(23)22(13-15)17-4-2-1-3-5-17/h6-9,15,17H,1-5,10-13H2,(H,21,24)/t15-/m0/s1. The Morgan fingerprint density at radius 3 is 2.58 bits per heavy atom. The maximum atomic E-state index is 12.4. The molecule has 1 atom stereocenters. The first-order valence-corrected chi connectivity index (χ1v) is 9.33. The third kappa shape index (κ3) is 4.29. The van der Waals surface area contributed by atoms with Crippen LogP contribution in [0.3, 0.4) is 0 Å². The number of amides is 2. The molecule has 4 nitrogen and oxygen atoms in total. The number of carbonyl (C=O) groups is 2. The smallest absolute Gasteiger partial charge is 0.225 e. The molecule has 0 unspecified atom stereocenters. The highest BCUT2D eigenvalue weighted by atomic mass is 35.5. The molecule has 1 aromatic carbocycles. The van der Waals surface area contributed by atoms with Crippen LogP contribution in [0.15, 0.2) is 24.3 Å². The van der Waals surface area contributed by atoms with Crippen LogP contribution >= 0.6 is 11.6 Å². The minimum atomic E-state index is -0.190. The average molecular weight is 349 g/mol. The van der Waals surface area contributed by atoms with E-state index in [9.17, 15) is 9.59 Å². The topological polar surface area (TPSA) is 49.4 Å². The van der Waals surface area contributed by atoms with Gasteiger partial charge in [-0.25, -0.2) is 0 Å². The zero-order chi connectivity index (χ0) is 16.9. The number of nitrogens with one attached hydrogen (secondary N) is 1. The lowest BCUT2D eigenvalue weighted by Gasteiger charge is -2.31. The van der Waals surface area contributed by atoms with Crippen molar-refractivity contribution >= 4 is 23.4 Å². The summed E-state index contributed by atoms with van der Waals surface area (Å²) in [6, 6.07) is 8.02. The number of likely N-dealkylation sites (tertiary alicyclic amines) is 1. The minimum Gasteiger partial charge on any atom is -0.355 e. The molecule has 5 heteroatoms. The van der Waals surface area contributed by atoms with Gasteiger partial charge in [0.25, 0.3) is 0 Å². The maximum Gasteiger partial charge on any atom is 0.225 e. The van der Waals surface area contributed by atoms with E-state index in [4.69, 9.17) is 11.6 Å². The number of hydrogen-bond donors (Lipinski definition) is 1. The molecule has 1 saturated heterocycles. The Bertz CT molecular complexity index is 582. The van der Waals surface area contributed by atoms with Gasteiger partial charge in [0, 0.05) is 30.6 Å². The number of nitrogens with zero attached hydrogens (tertiary/aromatic N) is 1. The van der Waals surface area contributed by atoms with Gasteiger partial charge in [-0.05, 0) is 37.0 Å². The summed E-state index contributed by atoms with van der Waals surface area (Å²) in [6.45, 7) is 1.19. The molecule has 24 heavy (non-hydrogen) atoms. The number of benzene rings is 1. The van der Waals surface area contributed by atoms with Gasteiger partial charge in [0.1, 0.15) is 0 Å². The minimum absolute atomic E-state index is 0.00984. The summed E-state index contributed by atoms with van der Waals surface area (Å²) in [7, 11) is 0. The van der Waals surface area contributed by atoms with Crippen LogP contribution in [0.4, 0.5) is 0 Å². The molecule has 2 amide bonds. The zero-order valence-corrected chi connectivity index (χ0v) is 14.7. The van der Waals surface area contributed by atoms with Gasteiger partial charge in [0.05, 0.1) is 5.92 Å². The monoisotopic (exact) mass is 348 g/mol. The lowest BCUT2D eigenvalue weighted by molar-refractivity contribution is -0.130. The first-order valence-electron chi connectivity index (χ1n) is 8.95. The summed E-state index contributed by atoms with van der Waals surface area (Å²) in [5.74, 6) is -0.0278. The van der Waals surface area contributed by atoms with E-state index in [1.54, 1.807) is 0 Å². The molecule has 1 heterocycles. The quantitative estimate of drug-likeness (QED) is 0.888. The van der Waals surface area contributed by atoms with E-state index in [1.807, 2.05) is 29.2 Å². The van der Waals surface area contributed by atoms with Crippen molar-refractivity contribution in [3.63, 3.8) is 0 Å². The molecule has 1 aliphatic heterocycles. The highest BCUT2D eigenvalue weighted by molar-refractivity contribution is 6.30. The van der Waals surface area contributed by atoms with Crippen LogP contribution in [0.25, 0.3) is 0 Å². The molecule has 130 valence electrons. The van der Waals surface area contributed by atoms with E-state index >= 15 is 0 Å². The van der Waals surface area contributed by atoms with Crippen molar-refractivity contribution < 1.29 is 9.59 Å². The summed E-state index contributed by atoms with van der Waals surface area (Å²) in [5.41, 5.74) is 1.14. The van der Waals surface area contributed by atoms with Gasteiger partial charge in [0.2, 0.25) is 11.8 Å². The summed E-state index contributed by atoms with van der Waals surface area (Å²) < 4.78 is 0. The van der Waals surface area contributed by atoms with Gasteiger partial charge in [-0.1, -0.05) is 43.0 Å². The summed E-state index contributed by atoms with van der Waals surface area (Å²) in [5, 5.41) is 3.70. The van der Waals surface area contributed by atoms with Gasteiger partial charge >= 0.3 is 0 Å². The first kappa shape index (κ1) is 17.3. The molecule has 0 aromatic heterocycles. The van der Waals surface area contributed by atoms with Gasteiger partial charge in [-0.2, -0.15) is 0 Å². The molecular weight excluding hydrogens is 324 g/mol. The van der Waals surface area contributed by atoms with Crippen molar-refractivity contribution in [1.82, 2.24) is 10.2 Å². The fourth-order valence-electron chi connectivity index (χ4n) is 3.78. The Morgan fingerprint density at radius 1 is 1.17 bits per heavy atom. The predicted octanol–water partition coefficient (Wildman–Crippen LogP) is 3.18. The van der Waals surface area contributed by atoms with Crippen LogP contribution in [0.5, 0.6) is 0 Å². The fraction of sp³-hybridized carbons (Fsp3) is 0.579. The second kappa shape index (κ2) is 8.02. The maximum absolute atomic E-state index is 12.4. The molecule has 1 saturated carbocycles. The molecule has 1 aliphatic carbocycles. The Kier molecular flexibility index (Phi) is 5.77. The zero-order valence-electron chi connectivity index (χ0n) is 14.0. The van der Waals surface area contributed by atoms with E-state index < -0.39 is 0 Å². The van der Waals surface area contributed by atoms with Gasteiger partial charge in [0.15, 0.2) is 0 Å². The van der Waals surface area contributed by atoms with Crippen LogP contribution in [0.2, 0.25) is 5.02 Å². The molecule has 2 aliphatic rings. The van der Waals surface area contributed by atoms with Gasteiger partial charge in [-0.3, -0.25) is 9.59 Å². The van der Waals surface area contributed by atoms with Crippen molar-refractivity contribution in [2.45, 2.75) is 51.0 Å². The van der Waals surface area contributed by atoms with Crippen LogP contribution < -0.4 is 5.32 Å². The van der Waals surface area contributed by atoms with Crippen molar-refractivity contribution in [3.8, 4) is 0 Å².